The van der Waals surface area contributed by atoms with E-state index >= 15 is 0 Å². The minimum Gasteiger partial charge on any atom is -0.465 e. The van der Waals surface area contributed by atoms with Crippen molar-refractivity contribution in [2.75, 3.05) is 6.61 Å². The van der Waals surface area contributed by atoms with Crippen LogP contribution in [0.4, 0.5) is 0 Å². The quantitative estimate of drug-likeness (QED) is 0.349. The number of isothiocyanates is 1. The first-order valence-electron chi connectivity index (χ1n) is 2.76. The molecule has 0 spiro atoms. The third kappa shape index (κ3) is 4.18. The zero-order valence-corrected chi connectivity index (χ0v) is 6.77. The molecule has 0 amide bonds. The molecule has 0 aliphatic carbocycles. The zero-order chi connectivity index (χ0) is 8.04. The first-order valence-corrected chi connectivity index (χ1v) is 3.17. The van der Waals surface area contributed by atoms with Gasteiger partial charge in [-0.25, -0.2) is 4.99 Å². The van der Waals surface area contributed by atoms with Gasteiger partial charge in [0.25, 0.3) is 6.47 Å². The summed E-state index contributed by atoms with van der Waals surface area (Å²) in [5.41, 5.74) is -0.442. The Labute approximate surface area is 65.1 Å². The number of aliphatic imine (C=N–C) groups is 1. The largest absolute Gasteiger partial charge is 0.465 e. The number of carbonyl (C=O) groups excluding carboxylic acids is 1. The van der Waals surface area contributed by atoms with E-state index in [9.17, 15) is 4.79 Å². The molecule has 0 atom stereocenters. The van der Waals surface area contributed by atoms with E-state index in [1.807, 2.05) is 0 Å². The van der Waals surface area contributed by atoms with Crippen molar-refractivity contribution in [1.29, 1.82) is 0 Å². The molecule has 0 heterocycles. The van der Waals surface area contributed by atoms with E-state index in [-0.39, 0.29) is 6.61 Å². The molecular weight excluding hydrogens is 150 g/mol. The maximum absolute atomic E-state index is 9.75. The first-order chi connectivity index (χ1) is 4.62. The molecular formula is C6H9NO2S. The van der Waals surface area contributed by atoms with Crippen molar-refractivity contribution in [2.45, 2.75) is 19.4 Å². The molecule has 10 heavy (non-hydrogen) atoms. The summed E-state index contributed by atoms with van der Waals surface area (Å²) in [5.74, 6) is 0. The van der Waals surface area contributed by atoms with Gasteiger partial charge < -0.3 is 4.74 Å². The second kappa shape index (κ2) is 4.14. The highest BCUT2D eigenvalue weighted by Gasteiger charge is 2.15. The zero-order valence-electron chi connectivity index (χ0n) is 5.96. The Kier molecular flexibility index (Phi) is 3.84. The average Bonchev–Trinajstić information content (AvgIpc) is 1.84. The van der Waals surface area contributed by atoms with Gasteiger partial charge >= 0.3 is 0 Å². The van der Waals surface area contributed by atoms with Crippen LogP contribution in [0.3, 0.4) is 0 Å². The lowest BCUT2D eigenvalue weighted by atomic mass is 10.1. The summed E-state index contributed by atoms with van der Waals surface area (Å²) < 4.78 is 4.49. The molecule has 3 nitrogen and oxygen atoms in total. The Balaban J connectivity index is 3.85. The molecule has 0 saturated heterocycles. The van der Waals surface area contributed by atoms with Gasteiger partial charge in [-0.2, -0.15) is 0 Å². The molecule has 0 aliphatic heterocycles. The third-order valence-corrected chi connectivity index (χ3v) is 0.944. The fourth-order valence-electron chi connectivity index (χ4n) is 0.394. The Bertz CT molecular complexity index is 161. The molecule has 0 aromatic heterocycles. The number of thiocarbonyl (C=S) groups is 1. The van der Waals surface area contributed by atoms with Gasteiger partial charge in [-0.3, -0.25) is 4.79 Å². The van der Waals surface area contributed by atoms with Crippen LogP contribution in [0.5, 0.6) is 0 Å². The van der Waals surface area contributed by atoms with E-state index in [1.54, 1.807) is 13.8 Å². The Hall–Kier alpha value is -0.730. The lowest BCUT2D eigenvalue weighted by molar-refractivity contribution is -0.130. The van der Waals surface area contributed by atoms with Gasteiger partial charge in [-0.15, -0.1) is 0 Å². The van der Waals surface area contributed by atoms with Gasteiger partial charge in [0.2, 0.25) is 0 Å². The number of hydrogen-bond donors (Lipinski definition) is 0. The van der Waals surface area contributed by atoms with Crippen molar-refractivity contribution in [3.8, 4) is 0 Å². The average molecular weight is 159 g/mol. The highest BCUT2D eigenvalue weighted by atomic mass is 32.1. The van der Waals surface area contributed by atoms with Crippen molar-refractivity contribution >= 4 is 23.9 Å². The van der Waals surface area contributed by atoms with E-state index in [4.69, 9.17) is 0 Å². The molecule has 0 radical (unpaired) electrons. The smallest absolute Gasteiger partial charge is 0.293 e. The van der Waals surface area contributed by atoms with E-state index in [0.717, 1.165) is 0 Å². The third-order valence-electron chi connectivity index (χ3n) is 0.853. The van der Waals surface area contributed by atoms with Crippen LogP contribution < -0.4 is 0 Å². The van der Waals surface area contributed by atoms with Crippen LogP contribution >= 0.6 is 12.2 Å². The van der Waals surface area contributed by atoms with Crippen molar-refractivity contribution in [3.63, 3.8) is 0 Å². The maximum atomic E-state index is 9.75. The lowest BCUT2D eigenvalue weighted by Gasteiger charge is -2.14. The molecule has 0 aromatic carbocycles. The summed E-state index contributed by atoms with van der Waals surface area (Å²) in [7, 11) is 0. The van der Waals surface area contributed by atoms with Gasteiger partial charge in [-0.1, -0.05) is 0 Å². The van der Waals surface area contributed by atoms with Crippen LogP contribution in [0.1, 0.15) is 13.8 Å². The molecule has 0 rings (SSSR count). The summed E-state index contributed by atoms with van der Waals surface area (Å²) >= 11 is 4.39. The molecule has 0 unspecified atom stereocenters. The van der Waals surface area contributed by atoms with E-state index < -0.39 is 5.54 Å². The first kappa shape index (κ1) is 9.27. The monoisotopic (exact) mass is 159 g/mol. The maximum Gasteiger partial charge on any atom is 0.293 e. The van der Waals surface area contributed by atoms with Crippen LogP contribution in [0.2, 0.25) is 0 Å². The summed E-state index contributed by atoms with van der Waals surface area (Å²) in [6, 6.07) is 0. The highest BCUT2D eigenvalue weighted by molar-refractivity contribution is 7.78. The van der Waals surface area contributed by atoms with Crippen LogP contribution in [0.25, 0.3) is 0 Å². The minimum atomic E-state index is -0.442. The Morgan fingerprint density at radius 3 is 2.80 bits per heavy atom. The lowest BCUT2D eigenvalue weighted by Crippen LogP contribution is -2.23. The van der Waals surface area contributed by atoms with Crippen LogP contribution in [0.15, 0.2) is 4.99 Å². The number of hydrogen-bond acceptors (Lipinski definition) is 4. The predicted octanol–water partition coefficient (Wildman–Crippen LogP) is 1.04. The summed E-state index contributed by atoms with van der Waals surface area (Å²) in [5, 5.41) is 2.23. The van der Waals surface area contributed by atoms with Crippen LogP contribution in [-0.2, 0) is 9.53 Å². The molecule has 0 bridgehead atoms. The van der Waals surface area contributed by atoms with Crippen LogP contribution in [0, 0.1) is 0 Å². The van der Waals surface area contributed by atoms with Gasteiger partial charge in [0, 0.05) is 0 Å². The predicted molar refractivity (Wildman–Crippen MR) is 41.1 cm³/mol. The summed E-state index contributed by atoms with van der Waals surface area (Å²) in [6.07, 6.45) is 0. The molecule has 0 saturated carbocycles. The van der Waals surface area contributed by atoms with Gasteiger partial charge in [-0.05, 0) is 26.1 Å². The number of nitrogens with zero attached hydrogens (tertiary/aromatic N) is 1. The van der Waals surface area contributed by atoms with Crippen molar-refractivity contribution in [3.05, 3.63) is 0 Å². The number of ether oxygens (including phenoxy) is 1. The molecule has 0 aliphatic rings. The second-order valence-corrected chi connectivity index (χ2v) is 2.61. The standard InChI is InChI=1S/C6H9NO2S/c1-6(2,7-4-10)3-9-5-8/h5H,3H2,1-2H3. The number of carbonyl (C=O) groups is 1. The van der Waals surface area contributed by atoms with Crippen LogP contribution in [-0.4, -0.2) is 23.8 Å². The topological polar surface area (TPSA) is 38.7 Å². The molecule has 56 valence electrons. The van der Waals surface area contributed by atoms with Gasteiger partial charge in [0.05, 0.1) is 10.7 Å². The summed E-state index contributed by atoms with van der Waals surface area (Å²) in [4.78, 5) is 13.5. The Morgan fingerprint density at radius 1 is 1.80 bits per heavy atom. The molecule has 4 heteroatoms. The Morgan fingerprint density at radius 2 is 2.40 bits per heavy atom. The highest BCUT2D eigenvalue weighted by Crippen LogP contribution is 2.06. The SMILES string of the molecule is CC(C)(COC=O)N=C=S. The number of rotatable bonds is 4. The van der Waals surface area contributed by atoms with Crippen molar-refractivity contribution in [1.82, 2.24) is 0 Å². The summed E-state index contributed by atoms with van der Waals surface area (Å²) in [6.45, 7) is 4.23. The van der Waals surface area contributed by atoms with Gasteiger partial charge in [0.1, 0.15) is 6.61 Å². The van der Waals surface area contributed by atoms with Gasteiger partial charge in [0.15, 0.2) is 0 Å². The van der Waals surface area contributed by atoms with E-state index in [1.165, 1.54) is 0 Å². The second-order valence-electron chi connectivity index (χ2n) is 2.42. The normalized spacial score (nSPS) is 9.80. The molecule has 0 aromatic rings. The minimum absolute atomic E-state index is 0.236. The fourth-order valence-corrected chi connectivity index (χ4v) is 0.641. The van der Waals surface area contributed by atoms with E-state index in [2.05, 4.69) is 27.1 Å². The molecule has 0 fully saturated rings. The molecule has 0 N–H and O–H groups in total. The van der Waals surface area contributed by atoms with E-state index in [0.29, 0.717) is 6.47 Å². The van der Waals surface area contributed by atoms with Crippen molar-refractivity contribution in [2.24, 2.45) is 4.99 Å². The van der Waals surface area contributed by atoms with Crippen molar-refractivity contribution < 1.29 is 9.53 Å². The fraction of sp³-hybridized carbons (Fsp3) is 0.667.